The van der Waals surface area contributed by atoms with Gasteiger partial charge in [-0.05, 0) is 49.2 Å². The lowest BCUT2D eigenvalue weighted by atomic mass is 10.1. The summed E-state index contributed by atoms with van der Waals surface area (Å²) < 4.78 is 10.6. The van der Waals surface area contributed by atoms with Crippen molar-refractivity contribution in [3.05, 3.63) is 65.9 Å². The molecule has 0 aliphatic heterocycles. The summed E-state index contributed by atoms with van der Waals surface area (Å²) in [7, 11) is 3.25. The monoisotopic (exact) mass is 392 g/mol. The molecule has 0 atom stereocenters. The highest BCUT2D eigenvalue weighted by molar-refractivity contribution is 5.95. The maximum Gasteiger partial charge on any atom is 0.229 e. The predicted molar refractivity (Wildman–Crippen MR) is 114 cm³/mol. The molecule has 7 nitrogen and oxygen atoms in total. The van der Waals surface area contributed by atoms with Gasteiger partial charge >= 0.3 is 0 Å². The van der Waals surface area contributed by atoms with Gasteiger partial charge in [0, 0.05) is 24.0 Å². The van der Waals surface area contributed by atoms with Gasteiger partial charge in [0.2, 0.25) is 5.95 Å². The molecule has 29 heavy (non-hydrogen) atoms. The second-order valence-electron chi connectivity index (χ2n) is 6.39. The van der Waals surface area contributed by atoms with E-state index in [1.54, 1.807) is 39.5 Å². The van der Waals surface area contributed by atoms with E-state index in [4.69, 9.17) is 9.47 Å². The highest BCUT2D eigenvalue weighted by Crippen LogP contribution is 2.27. The van der Waals surface area contributed by atoms with Crippen LogP contribution in [0.3, 0.4) is 0 Å². The minimum absolute atomic E-state index is 0.0140. The highest BCUT2D eigenvalue weighted by atomic mass is 16.5. The smallest absolute Gasteiger partial charge is 0.229 e. The third-order valence-electron chi connectivity index (χ3n) is 4.35. The first-order chi connectivity index (χ1) is 14.1. The van der Waals surface area contributed by atoms with Crippen LogP contribution in [0.5, 0.6) is 11.5 Å². The van der Waals surface area contributed by atoms with Gasteiger partial charge in [0.25, 0.3) is 0 Å². The third-order valence-corrected chi connectivity index (χ3v) is 4.35. The summed E-state index contributed by atoms with van der Waals surface area (Å²) in [6.45, 7) is 2.24. The number of ketones is 1. The molecule has 0 saturated carbocycles. The molecular weight excluding hydrogens is 368 g/mol. The molecule has 0 aliphatic rings. The van der Waals surface area contributed by atoms with E-state index in [0.29, 0.717) is 35.4 Å². The van der Waals surface area contributed by atoms with E-state index in [0.717, 1.165) is 17.7 Å². The van der Waals surface area contributed by atoms with Crippen LogP contribution in [0.4, 0.5) is 17.5 Å². The van der Waals surface area contributed by atoms with Crippen molar-refractivity contribution in [3.63, 3.8) is 0 Å². The summed E-state index contributed by atoms with van der Waals surface area (Å²) in [5, 5.41) is 6.43. The SMILES string of the molecule is COc1ccc(CCNc2ccnc(Nc3cccc(C(C)=O)c3)n2)cc1OC. The number of hydrogen-bond acceptors (Lipinski definition) is 7. The number of Topliss-reactive ketones (excluding diaryl/α,β-unsaturated/α-hetero) is 1. The molecule has 0 radical (unpaired) electrons. The molecule has 1 aromatic heterocycles. The molecule has 0 aliphatic carbocycles. The highest BCUT2D eigenvalue weighted by Gasteiger charge is 2.06. The van der Waals surface area contributed by atoms with Gasteiger partial charge in [-0.1, -0.05) is 18.2 Å². The molecule has 7 heteroatoms. The molecule has 0 bridgehead atoms. The van der Waals surface area contributed by atoms with Crippen LogP contribution in [-0.4, -0.2) is 36.5 Å². The minimum atomic E-state index is 0.0140. The topological polar surface area (TPSA) is 85.4 Å². The number of rotatable bonds is 9. The molecule has 0 fully saturated rings. The number of ether oxygens (including phenoxy) is 2. The van der Waals surface area contributed by atoms with Crippen LogP contribution in [0, 0.1) is 0 Å². The molecule has 0 amide bonds. The standard InChI is InChI=1S/C22H24N4O3/c1-15(27)17-5-4-6-18(14-17)25-22-24-12-10-21(26-22)23-11-9-16-7-8-19(28-2)20(13-16)29-3/h4-8,10,12-14H,9,11H2,1-3H3,(H2,23,24,25,26). The zero-order chi connectivity index (χ0) is 20.6. The zero-order valence-corrected chi connectivity index (χ0v) is 16.7. The van der Waals surface area contributed by atoms with Crippen LogP contribution in [0.25, 0.3) is 0 Å². The van der Waals surface area contributed by atoms with Gasteiger partial charge in [0.1, 0.15) is 5.82 Å². The van der Waals surface area contributed by atoms with Gasteiger partial charge in [-0.15, -0.1) is 0 Å². The number of benzene rings is 2. The Bertz CT molecular complexity index is 991. The number of carbonyl (C=O) groups is 1. The molecule has 2 N–H and O–H groups in total. The van der Waals surface area contributed by atoms with E-state index in [1.165, 1.54) is 0 Å². The average molecular weight is 392 g/mol. The largest absolute Gasteiger partial charge is 0.493 e. The molecule has 2 aromatic carbocycles. The Labute approximate surface area is 170 Å². The maximum atomic E-state index is 11.5. The Morgan fingerprint density at radius 2 is 1.86 bits per heavy atom. The van der Waals surface area contributed by atoms with Gasteiger partial charge in [-0.3, -0.25) is 4.79 Å². The molecule has 3 aromatic rings. The average Bonchev–Trinajstić information content (AvgIpc) is 2.74. The minimum Gasteiger partial charge on any atom is -0.493 e. The normalized spacial score (nSPS) is 10.3. The Morgan fingerprint density at radius 1 is 1.03 bits per heavy atom. The van der Waals surface area contributed by atoms with E-state index < -0.39 is 0 Å². The van der Waals surface area contributed by atoms with Crippen molar-refractivity contribution in [2.75, 3.05) is 31.4 Å². The van der Waals surface area contributed by atoms with Crippen molar-refractivity contribution in [2.24, 2.45) is 0 Å². The maximum absolute atomic E-state index is 11.5. The molecule has 0 spiro atoms. The zero-order valence-electron chi connectivity index (χ0n) is 16.7. The second-order valence-corrected chi connectivity index (χ2v) is 6.39. The fourth-order valence-electron chi connectivity index (χ4n) is 2.83. The summed E-state index contributed by atoms with van der Waals surface area (Å²) in [5.74, 6) is 2.61. The van der Waals surface area contributed by atoms with Crippen LogP contribution in [0.1, 0.15) is 22.8 Å². The summed E-state index contributed by atoms with van der Waals surface area (Å²) in [6, 6.07) is 14.9. The van der Waals surface area contributed by atoms with Crippen LogP contribution >= 0.6 is 0 Å². The molecular formula is C22H24N4O3. The number of aromatic nitrogens is 2. The van der Waals surface area contributed by atoms with E-state index in [9.17, 15) is 4.79 Å². The Balaban J connectivity index is 1.60. The second kappa shape index (κ2) is 9.54. The van der Waals surface area contributed by atoms with Crippen LogP contribution < -0.4 is 20.1 Å². The summed E-state index contributed by atoms with van der Waals surface area (Å²) in [5.41, 5.74) is 2.53. The number of hydrogen-bond donors (Lipinski definition) is 2. The van der Waals surface area contributed by atoms with E-state index >= 15 is 0 Å². The lowest BCUT2D eigenvalue weighted by Crippen LogP contribution is -2.08. The van der Waals surface area contributed by atoms with Gasteiger partial charge in [0.15, 0.2) is 17.3 Å². The molecule has 0 saturated heterocycles. The van der Waals surface area contributed by atoms with Crippen LogP contribution in [0.15, 0.2) is 54.7 Å². The molecule has 0 unspecified atom stereocenters. The van der Waals surface area contributed by atoms with Crippen molar-refractivity contribution in [1.29, 1.82) is 0 Å². The van der Waals surface area contributed by atoms with Gasteiger partial charge in [0.05, 0.1) is 14.2 Å². The van der Waals surface area contributed by atoms with Gasteiger partial charge < -0.3 is 20.1 Å². The van der Waals surface area contributed by atoms with Gasteiger partial charge in [-0.25, -0.2) is 4.98 Å². The summed E-state index contributed by atoms with van der Waals surface area (Å²) in [6.07, 6.45) is 2.48. The fraction of sp³-hybridized carbons (Fsp3) is 0.227. The lowest BCUT2D eigenvalue weighted by Gasteiger charge is -2.11. The number of anilines is 3. The van der Waals surface area contributed by atoms with Crippen molar-refractivity contribution in [1.82, 2.24) is 9.97 Å². The Morgan fingerprint density at radius 3 is 2.62 bits per heavy atom. The van der Waals surface area contributed by atoms with Crippen molar-refractivity contribution < 1.29 is 14.3 Å². The summed E-state index contributed by atoms with van der Waals surface area (Å²) in [4.78, 5) is 20.2. The number of carbonyl (C=O) groups excluding carboxylic acids is 1. The predicted octanol–water partition coefficient (Wildman–Crippen LogP) is 4.09. The van der Waals surface area contributed by atoms with Crippen LogP contribution in [0.2, 0.25) is 0 Å². The number of nitrogens with zero attached hydrogens (tertiary/aromatic N) is 2. The molecule has 150 valence electrons. The third kappa shape index (κ3) is 5.44. The van der Waals surface area contributed by atoms with E-state index in [1.807, 2.05) is 36.4 Å². The first kappa shape index (κ1) is 20.1. The van der Waals surface area contributed by atoms with E-state index in [2.05, 4.69) is 20.6 Å². The van der Waals surface area contributed by atoms with Crippen molar-refractivity contribution >= 4 is 23.2 Å². The summed E-state index contributed by atoms with van der Waals surface area (Å²) >= 11 is 0. The first-order valence-corrected chi connectivity index (χ1v) is 9.25. The molecule has 3 rings (SSSR count). The number of nitrogens with one attached hydrogen (secondary N) is 2. The van der Waals surface area contributed by atoms with Crippen LogP contribution in [-0.2, 0) is 6.42 Å². The quantitative estimate of drug-likeness (QED) is 0.530. The van der Waals surface area contributed by atoms with Gasteiger partial charge in [-0.2, -0.15) is 4.98 Å². The molecule has 1 heterocycles. The van der Waals surface area contributed by atoms with E-state index in [-0.39, 0.29) is 5.78 Å². The Kier molecular flexibility index (Phi) is 6.63. The van der Waals surface area contributed by atoms with Crippen molar-refractivity contribution in [2.45, 2.75) is 13.3 Å². The van der Waals surface area contributed by atoms with Crippen molar-refractivity contribution in [3.8, 4) is 11.5 Å². The number of methoxy groups -OCH3 is 2. The first-order valence-electron chi connectivity index (χ1n) is 9.25. The lowest BCUT2D eigenvalue weighted by molar-refractivity contribution is 0.101. The fourth-order valence-corrected chi connectivity index (χ4v) is 2.83. The Hall–Kier alpha value is -3.61.